The molecule has 0 saturated heterocycles. The average Bonchev–Trinajstić information content (AvgIpc) is 2.74. The predicted molar refractivity (Wildman–Crippen MR) is 72.6 cm³/mol. The molecule has 19 heavy (non-hydrogen) atoms. The Bertz CT molecular complexity index is 542. The maximum absolute atomic E-state index is 5.52. The third kappa shape index (κ3) is 3.19. The molecule has 0 radical (unpaired) electrons. The first-order valence-corrected chi connectivity index (χ1v) is 6.06. The quantitative estimate of drug-likeness (QED) is 0.895. The number of nitrogens with zero attached hydrogens (tertiary/aromatic N) is 1. The molecule has 0 fully saturated rings. The lowest BCUT2D eigenvalue weighted by Gasteiger charge is -2.08. The normalized spacial score (nSPS) is 10.5. The third-order valence-electron chi connectivity index (χ3n) is 2.97. The smallest absolute Gasteiger partial charge is 0.292 e. The number of aryl methyl sites for hydroxylation is 3. The summed E-state index contributed by atoms with van der Waals surface area (Å²) in [7, 11) is 3.28. The lowest BCUT2D eigenvalue weighted by atomic mass is 10.1. The van der Waals surface area contributed by atoms with Gasteiger partial charge in [-0.25, -0.2) is 0 Å². The minimum Gasteiger partial charge on any atom is -0.497 e. The molecule has 0 aliphatic carbocycles. The maximum atomic E-state index is 5.52. The van der Waals surface area contributed by atoms with Crippen LogP contribution in [-0.4, -0.2) is 19.2 Å². The van der Waals surface area contributed by atoms with Crippen molar-refractivity contribution in [2.75, 3.05) is 20.0 Å². The van der Waals surface area contributed by atoms with E-state index in [0.717, 1.165) is 41.4 Å². The largest absolute Gasteiger partial charge is 0.497 e. The summed E-state index contributed by atoms with van der Waals surface area (Å²) >= 11 is 0. The number of nitrogens with two attached hydrogens (primary N) is 1. The van der Waals surface area contributed by atoms with Gasteiger partial charge in [-0.05, 0) is 37.5 Å². The molecule has 5 nitrogen and oxygen atoms in total. The van der Waals surface area contributed by atoms with Crippen molar-refractivity contribution >= 4 is 6.01 Å². The molecule has 1 heterocycles. The molecule has 102 valence electrons. The number of oxazole rings is 1. The summed E-state index contributed by atoms with van der Waals surface area (Å²) < 4.78 is 15.7. The zero-order valence-corrected chi connectivity index (χ0v) is 11.4. The molecule has 0 amide bonds. The van der Waals surface area contributed by atoms with Gasteiger partial charge in [-0.1, -0.05) is 0 Å². The van der Waals surface area contributed by atoms with Gasteiger partial charge in [-0.3, -0.25) is 0 Å². The Hall–Kier alpha value is -2.17. The Labute approximate surface area is 112 Å². The van der Waals surface area contributed by atoms with Crippen molar-refractivity contribution in [1.29, 1.82) is 0 Å². The second-order valence-corrected chi connectivity index (χ2v) is 4.28. The number of ether oxygens (including phenoxy) is 2. The molecule has 0 saturated carbocycles. The molecule has 5 heteroatoms. The zero-order chi connectivity index (χ0) is 13.8. The van der Waals surface area contributed by atoms with Gasteiger partial charge in [-0.15, -0.1) is 0 Å². The van der Waals surface area contributed by atoms with Crippen LogP contribution in [0, 0.1) is 6.92 Å². The van der Waals surface area contributed by atoms with Crippen LogP contribution in [0.3, 0.4) is 0 Å². The lowest BCUT2D eigenvalue weighted by Crippen LogP contribution is -1.96. The van der Waals surface area contributed by atoms with Crippen molar-refractivity contribution in [2.45, 2.75) is 19.8 Å². The highest BCUT2D eigenvalue weighted by Crippen LogP contribution is 2.24. The van der Waals surface area contributed by atoms with Crippen molar-refractivity contribution in [3.63, 3.8) is 0 Å². The van der Waals surface area contributed by atoms with E-state index in [2.05, 4.69) is 4.98 Å². The third-order valence-corrected chi connectivity index (χ3v) is 2.97. The van der Waals surface area contributed by atoms with Gasteiger partial charge in [0.05, 0.1) is 19.9 Å². The number of hydrogen-bond acceptors (Lipinski definition) is 5. The van der Waals surface area contributed by atoms with E-state index < -0.39 is 0 Å². The number of nitrogen functional groups attached to an aromatic ring is 1. The highest BCUT2D eigenvalue weighted by Gasteiger charge is 2.08. The van der Waals surface area contributed by atoms with Crippen molar-refractivity contribution in [2.24, 2.45) is 0 Å². The SMILES string of the molecule is COc1cc(CCc2nc(N)oc2C)cc(OC)c1. The summed E-state index contributed by atoms with van der Waals surface area (Å²) in [4.78, 5) is 4.16. The van der Waals surface area contributed by atoms with Crippen LogP contribution >= 0.6 is 0 Å². The van der Waals surface area contributed by atoms with E-state index >= 15 is 0 Å². The summed E-state index contributed by atoms with van der Waals surface area (Å²) in [6, 6.07) is 6.04. The van der Waals surface area contributed by atoms with Gasteiger partial charge in [0.15, 0.2) is 0 Å². The van der Waals surface area contributed by atoms with Gasteiger partial charge in [-0.2, -0.15) is 4.98 Å². The number of benzene rings is 1. The number of anilines is 1. The van der Waals surface area contributed by atoms with Crippen LogP contribution in [0.2, 0.25) is 0 Å². The second kappa shape index (κ2) is 5.65. The van der Waals surface area contributed by atoms with Crippen LogP contribution in [0.4, 0.5) is 6.01 Å². The van der Waals surface area contributed by atoms with Crippen molar-refractivity contribution in [1.82, 2.24) is 4.98 Å². The number of rotatable bonds is 5. The summed E-state index contributed by atoms with van der Waals surface area (Å²) in [5.74, 6) is 2.34. The fourth-order valence-corrected chi connectivity index (χ4v) is 1.96. The molecule has 1 aromatic carbocycles. The second-order valence-electron chi connectivity index (χ2n) is 4.28. The fraction of sp³-hybridized carbons (Fsp3) is 0.357. The molecular weight excluding hydrogens is 244 g/mol. The maximum Gasteiger partial charge on any atom is 0.292 e. The molecule has 0 bridgehead atoms. The highest BCUT2D eigenvalue weighted by molar-refractivity contribution is 5.38. The van der Waals surface area contributed by atoms with Crippen molar-refractivity contribution in [3.8, 4) is 11.5 Å². The van der Waals surface area contributed by atoms with Crippen LogP contribution in [0.5, 0.6) is 11.5 Å². The number of hydrogen-bond donors (Lipinski definition) is 1. The summed E-state index contributed by atoms with van der Waals surface area (Å²) in [6.45, 7) is 1.87. The Kier molecular flexibility index (Phi) is 3.94. The molecule has 0 atom stereocenters. The number of aromatic nitrogens is 1. The van der Waals surface area contributed by atoms with E-state index in [-0.39, 0.29) is 6.01 Å². The predicted octanol–water partition coefficient (Wildman–Crippen LogP) is 2.37. The molecule has 0 spiro atoms. The number of methoxy groups -OCH3 is 2. The van der Waals surface area contributed by atoms with E-state index in [0.29, 0.717) is 0 Å². The fourth-order valence-electron chi connectivity index (χ4n) is 1.96. The summed E-state index contributed by atoms with van der Waals surface area (Å²) in [5.41, 5.74) is 7.53. The minimum atomic E-state index is 0.218. The first kappa shape index (κ1) is 13.3. The highest BCUT2D eigenvalue weighted by atomic mass is 16.5. The standard InChI is InChI=1S/C14H18N2O3/c1-9-13(16-14(15)19-9)5-4-10-6-11(17-2)8-12(7-10)18-3/h6-8H,4-5H2,1-3H3,(H2,15,16). The molecule has 0 aliphatic rings. The van der Waals surface area contributed by atoms with Gasteiger partial charge in [0, 0.05) is 6.07 Å². The molecule has 2 aromatic rings. The topological polar surface area (TPSA) is 70.5 Å². The van der Waals surface area contributed by atoms with Gasteiger partial charge >= 0.3 is 0 Å². The molecule has 0 unspecified atom stereocenters. The van der Waals surface area contributed by atoms with E-state index in [1.165, 1.54) is 0 Å². The van der Waals surface area contributed by atoms with Crippen LogP contribution < -0.4 is 15.2 Å². The van der Waals surface area contributed by atoms with Crippen molar-refractivity contribution in [3.05, 3.63) is 35.2 Å². The Morgan fingerprint density at radius 3 is 2.21 bits per heavy atom. The van der Waals surface area contributed by atoms with Gasteiger partial charge < -0.3 is 19.6 Å². The first-order valence-electron chi connectivity index (χ1n) is 6.06. The van der Waals surface area contributed by atoms with Crippen LogP contribution in [0.15, 0.2) is 22.6 Å². The molecule has 2 N–H and O–H groups in total. The lowest BCUT2D eigenvalue weighted by molar-refractivity contribution is 0.393. The van der Waals surface area contributed by atoms with Gasteiger partial charge in [0.2, 0.25) is 0 Å². The van der Waals surface area contributed by atoms with E-state index in [1.807, 2.05) is 25.1 Å². The average molecular weight is 262 g/mol. The van der Waals surface area contributed by atoms with E-state index in [1.54, 1.807) is 14.2 Å². The van der Waals surface area contributed by atoms with E-state index in [4.69, 9.17) is 19.6 Å². The molecule has 0 aliphatic heterocycles. The summed E-state index contributed by atoms with van der Waals surface area (Å²) in [6.07, 6.45) is 1.59. The van der Waals surface area contributed by atoms with Crippen molar-refractivity contribution < 1.29 is 13.9 Å². The Balaban J connectivity index is 2.12. The van der Waals surface area contributed by atoms with Gasteiger partial charge in [0.1, 0.15) is 17.3 Å². The zero-order valence-electron chi connectivity index (χ0n) is 11.4. The van der Waals surface area contributed by atoms with Crippen LogP contribution in [0.1, 0.15) is 17.0 Å². The Morgan fingerprint density at radius 1 is 1.11 bits per heavy atom. The Morgan fingerprint density at radius 2 is 1.74 bits per heavy atom. The van der Waals surface area contributed by atoms with Crippen LogP contribution in [0.25, 0.3) is 0 Å². The monoisotopic (exact) mass is 262 g/mol. The van der Waals surface area contributed by atoms with E-state index in [9.17, 15) is 0 Å². The molecule has 1 aromatic heterocycles. The molecule has 2 rings (SSSR count). The summed E-state index contributed by atoms with van der Waals surface area (Å²) in [5, 5.41) is 0. The van der Waals surface area contributed by atoms with Gasteiger partial charge in [0.25, 0.3) is 6.01 Å². The molecular formula is C14H18N2O3. The van der Waals surface area contributed by atoms with Crippen LogP contribution in [-0.2, 0) is 12.8 Å². The first-order chi connectivity index (χ1) is 9.12. The minimum absolute atomic E-state index is 0.218.